The number of rotatable bonds is 9. The standard InChI is InChI=1S/C15H33N3O/c1-14(2)13-18-8-5-15(6-9-18)16-7-11-19-12-10-17(3)4/h14-16H,5-13H2,1-4H3. The summed E-state index contributed by atoms with van der Waals surface area (Å²) in [6, 6.07) is 0.695. The second-order valence-electron chi connectivity index (χ2n) is 6.34. The first-order valence-corrected chi connectivity index (χ1v) is 7.76. The number of piperidine rings is 1. The SMILES string of the molecule is CC(C)CN1CCC(NCCOCCN(C)C)CC1. The van der Waals surface area contributed by atoms with Crippen molar-refractivity contribution < 1.29 is 4.74 Å². The normalized spacial score (nSPS) is 18.6. The molecule has 0 unspecified atom stereocenters. The van der Waals surface area contributed by atoms with E-state index in [-0.39, 0.29) is 0 Å². The molecular weight excluding hydrogens is 238 g/mol. The summed E-state index contributed by atoms with van der Waals surface area (Å²) in [6.07, 6.45) is 2.56. The summed E-state index contributed by atoms with van der Waals surface area (Å²) in [5.41, 5.74) is 0. The summed E-state index contributed by atoms with van der Waals surface area (Å²) in [5, 5.41) is 3.62. The van der Waals surface area contributed by atoms with E-state index in [1.165, 1.54) is 32.5 Å². The highest BCUT2D eigenvalue weighted by Gasteiger charge is 2.18. The first kappa shape index (κ1) is 16.9. The van der Waals surface area contributed by atoms with Crippen LogP contribution in [0.5, 0.6) is 0 Å². The minimum absolute atomic E-state index is 0.695. The molecule has 0 amide bonds. The predicted octanol–water partition coefficient (Wildman–Crippen LogP) is 1.27. The van der Waals surface area contributed by atoms with E-state index in [4.69, 9.17) is 4.74 Å². The van der Waals surface area contributed by atoms with Gasteiger partial charge >= 0.3 is 0 Å². The summed E-state index contributed by atoms with van der Waals surface area (Å²) >= 11 is 0. The lowest BCUT2D eigenvalue weighted by Gasteiger charge is -2.33. The monoisotopic (exact) mass is 271 g/mol. The predicted molar refractivity (Wildman–Crippen MR) is 81.7 cm³/mol. The molecule has 1 saturated heterocycles. The zero-order valence-electron chi connectivity index (χ0n) is 13.3. The molecule has 0 bridgehead atoms. The van der Waals surface area contributed by atoms with Crippen molar-refractivity contribution in [1.82, 2.24) is 15.1 Å². The van der Waals surface area contributed by atoms with Crippen molar-refractivity contribution in [3.63, 3.8) is 0 Å². The molecule has 1 rings (SSSR count). The fourth-order valence-electron chi connectivity index (χ4n) is 2.52. The molecule has 4 nitrogen and oxygen atoms in total. The Morgan fingerprint density at radius 1 is 1.21 bits per heavy atom. The zero-order valence-corrected chi connectivity index (χ0v) is 13.3. The van der Waals surface area contributed by atoms with Crippen LogP contribution in [0.15, 0.2) is 0 Å². The number of nitrogens with one attached hydrogen (secondary N) is 1. The Morgan fingerprint density at radius 2 is 1.89 bits per heavy atom. The minimum Gasteiger partial charge on any atom is -0.379 e. The van der Waals surface area contributed by atoms with Crippen LogP contribution < -0.4 is 5.32 Å². The maximum absolute atomic E-state index is 5.59. The Hall–Kier alpha value is -0.160. The maximum Gasteiger partial charge on any atom is 0.0593 e. The van der Waals surface area contributed by atoms with Crippen molar-refractivity contribution in [3.8, 4) is 0 Å². The van der Waals surface area contributed by atoms with E-state index in [1.54, 1.807) is 0 Å². The number of nitrogens with zero attached hydrogens (tertiary/aromatic N) is 2. The highest BCUT2D eigenvalue weighted by molar-refractivity contribution is 4.77. The van der Waals surface area contributed by atoms with Gasteiger partial charge in [0, 0.05) is 25.7 Å². The third-order valence-electron chi connectivity index (χ3n) is 3.57. The molecule has 0 aromatic heterocycles. The van der Waals surface area contributed by atoms with E-state index >= 15 is 0 Å². The van der Waals surface area contributed by atoms with Crippen molar-refractivity contribution in [1.29, 1.82) is 0 Å². The molecule has 19 heavy (non-hydrogen) atoms. The van der Waals surface area contributed by atoms with Crippen LogP contribution in [0.1, 0.15) is 26.7 Å². The largest absolute Gasteiger partial charge is 0.379 e. The van der Waals surface area contributed by atoms with Crippen molar-refractivity contribution in [2.24, 2.45) is 5.92 Å². The fourth-order valence-corrected chi connectivity index (χ4v) is 2.52. The number of hydrogen-bond donors (Lipinski definition) is 1. The summed E-state index contributed by atoms with van der Waals surface area (Å²) in [7, 11) is 4.15. The van der Waals surface area contributed by atoms with Crippen molar-refractivity contribution in [2.45, 2.75) is 32.7 Å². The third kappa shape index (κ3) is 8.58. The van der Waals surface area contributed by atoms with Gasteiger partial charge in [-0.05, 0) is 45.9 Å². The molecule has 0 atom stereocenters. The van der Waals surface area contributed by atoms with Crippen molar-refractivity contribution >= 4 is 0 Å². The lowest BCUT2D eigenvalue weighted by Crippen LogP contribution is -2.44. The first-order valence-electron chi connectivity index (χ1n) is 7.76. The van der Waals surface area contributed by atoms with E-state index in [1.807, 2.05) is 0 Å². The van der Waals surface area contributed by atoms with Gasteiger partial charge < -0.3 is 19.9 Å². The van der Waals surface area contributed by atoms with Crippen LogP contribution in [0.25, 0.3) is 0 Å². The molecule has 0 aromatic carbocycles. The highest BCUT2D eigenvalue weighted by Crippen LogP contribution is 2.11. The molecule has 1 fully saturated rings. The maximum atomic E-state index is 5.59. The third-order valence-corrected chi connectivity index (χ3v) is 3.57. The second-order valence-corrected chi connectivity index (χ2v) is 6.34. The fraction of sp³-hybridized carbons (Fsp3) is 1.00. The van der Waals surface area contributed by atoms with Crippen LogP contribution in [-0.2, 0) is 4.74 Å². The molecule has 4 heteroatoms. The average molecular weight is 271 g/mol. The van der Waals surface area contributed by atoms with Gasteiger partial charge in [-0.15, -0.1) is 0 Å². The van der Waals surface area contributed by atoms with E-state index in [0.29, 0.717) is 6.04 Å². The van der Waals surface area contributed by atoms with Gasteiger partial charge in [0.2, 0.25) is 0 Å². The molecule has 1 aliphatic rings. The van der Waals surface area contributed by atoms with Crippen LogP contribution in [0.3, 0.4) is 0 Å². The molecule has 0 spiro atoms. The van der Waals surface area contributed by atoms with Crippen molar-refractivity contribution in [2.75, 3.05) is 60.0 Å². The van der Waals surface area contributed by atoms with Crippen LogP contribution >= 0.6 is 0 Å². The van der Waals surface area contributed by atoms with E-state index in [9.17, 15) is 0 Å². The lowest BCUT2D eigenvalue weighted by atomic mass is 10.0. The molecule has 0 saturated carbocycles. The van der Waals surface area contributed by atoms with Crippen molar-refractivity contribution in [3.05, 3.63) is 0 Å². The van der Waals surface area contributed by atoms with Gasteiger partial charge in [0.05, 0.1) is 13.2 Å². The molecule has 0 aliphatic carbocycles. The Morgan fingerprint density at radius 3 is 2.47 bits per heavy atom. The Bertz CT molecular complexity index is 213. The van der Waals surface area contributed by atoms with E-state index in [2.05, 4.69) is 43.1 Å². The van der Waals surface area contributed by atoms with Gasteiger partial charge in [-0.25, -0.2) is 0 Å². The summed E-state index contributed by atoms with van der Waals surface area (Å²) in [6.45, 7) is 12.0. The number of likely N-dealkylation sites (N-methyl/N-ethyl adjacent to an activating group) is 1. The zero-order chi connectivity index (χ0) is 14.1. The molecule has 0 radical (unpaired) electrons. The summed E-state index contributed by atoms with van der Waals surface area (Å²) in [5.74, 6) is 0.787. The second kappa shape index (κ2) is 9.70. The number of hydrogen-bond acceptors (Lipinski definition) is 4. The number of ether oxygens (including phenoxy) is 1. The first-order chi connectivity index (χ1) is 9.08. The van der Waals surface area contributed by atoms with E-state index < -0.39 is 0 Å². The number of likely N-dealkylation sites (tertiary alicyclic amines) is 1. The molecule has 114 valence electrons. The van der Waals surface area contributed by atoms with Crippen LogP contribution in [0, 0.1) is 5.92 Å². The Kier molecular flexibility index (Phi) is 8.62. The Balaban J connectivity index is 1.95. The molecule has 0 aromatic rings. The van der Waals surface area contributed by atoms with Gasteiger partial charge in [0.25, 0.3) is 0 Å². The lowest BCUT2D eigenvalue weighted by molar-refractivity contribution is 0.113. The summed E-state index contributed by atoms with van der Waals surface area (Å²) < 4.78 is 5.59. The molecule has 1 heterocycles. The molecule has 1 aliphatic heterocycles. The quantitative estimate of drug-likeness (QED) is 0.639. The summed E-state index contributed by atoms with van der Waals surface area (Å²) in [4.78, 5) is 4.74. The van der Waals surface area contributed by atoms with Gasteiger partial charge in [-0.1, -0.05) is 13.8 Å². The smallest absolute Gasteiger partial charge is 0.0593 e. The van der Waals surface area contributed by atoms with Gasteiger partial charge in [0.15, 0.2) is 0 Å². The van der Waals surface area contributed by atoms with Gasteiger partial charge in [-0.2, -0.15) is 0 Å². The van der Waals surface area contributed by atoms with Crippen LogP contribution in [0.2, 0.25) is 0 Å². The van der Waals surface area contributed by atoms with Crippen LogP contribution in [-0.4, -0.2) is 75.9 Å². The van der Waals surface area contributed by atoms with E-state index in [0.717, 1.165) is 32.2 Å². The van der Waals surface area contributed by atoms with Gasteiger partial charge in [-0.3, -0.25) is 0 Å². The molecular formula is C15H33N3O. The minimum atomic E-state index is 0.695. The Labute approximate surface area is 119 Å². The molecule has 1 N–H and O–H groups in total. The van der Waals surface area contributed by atoms with Gasteiger partial charge in [0.1, 0.15) is 0 Å². The average Bonchev–Trinajstić information content (AvgIpc) is 2.34. The topological polar surface area (TPSA) is 27.7 Å². The highest BCUT2D eigenvalue weighted by atomic mass is 16.5. The van der Waals surface area contributed by atoms with Crippen LogP contribution in [0.4, 0.5) is 0 Å².